The van der Waals surface area contributed by atoms with Gasteiger partial charge in [-0.2, -0.15) is 0 Å². The summed E-state index contributed by atoms with van der Waals surface area (Å²) in [5, 5.41) is 11.2. The van der Waals surface area contributed by atoms with Crippen molar-refractivity contribution >= 4 is 96.7 Å². The quantitative estimate of drug-likeness (QED) is 0.135. The molecule has 3 aromatic heterocycles. The molecule has 12 rings (SSSR count). The van der Waals surface area contributed by atoms with E-state index in [-0.39, 0.29) is 5.41 Å². The first-order valence-electron chi connectivity index (χ1n) is 27.0. The number of hydrogen-bond acceptors (Lipinski definition) is 2. The molecule has 0 amide bonds. The molecule has 8 aromatic carbocycles. The molecule has 0 spiro atoms. The lowest BCUT2D eigenvalue weighted by Gasteiger charge is -2.22. The van der Waals surface area contributed by atoms with Gasteiger partial charge in [0.1, 0.15) is 0 Å². The number of nitrogens with zero attached hydrogens (tertiary/aromatic N) is 4. The largest absolute Gasteiger partial charge is 0.309 e. The molecule has 1 aliphatic carbocycles. The van der Waals surface area contributed by atoms with Gasteiger partial charge in [-0.25, -0.2) is 9.97 Å². The number of rotatable bonds is 9. The predicted octanol–water partition coefficient (Wildman–Crippen LogP) is 16.2. The van der Waals surface area contributed by atoms with Crippen molar-refractivity contribution in [1.82, 2.24) is 19.1 Å². The Morgan fingerprint density at radius 3 is 1.17 bits per heavy atom. The monoisotopic (exact) mass is 1040 g/mol. The van der Waals surface area contributed by atoms with Crippen LogP contribution in [0.5, 0.6) is 0 Å². The van der Waals surface area contributed by atoms with Gasteiger partial charge in [0, 0.05) is 55.0 Å². The number of fused-ring (bicyclic) bond motifs is 9. The fourth-order valence-electron chi connectivity index (χ4n) is 11.8. The van der Waals surface area contributed by atoms with Crippen molar-refractivity contribution in [3.63, 3.8) is 0 Å². The molecule has 11 aromatic rings. The van der Waals surface area contributed by atoms with E-state index in [1.807, 2.05) is 0 Å². The molecule has 0 aliphatic heterocycles. The van der Waals surface area contributed by atoms with E-state index in [1.165, 1.54) is 86.6 Å². The second-order valence-electron chi connectivity index (χ2n) is 26.1. The SMILES string of the molecule is CC1(C)c2ccccc2-c2ccc(-c3cc(-c4ccccc4)nc(-c4cc(-n5c6ccc([Si](C)(C)C)cc6c6cc([Si](C)(C)C)ccc65)cc(-n5c6ccc([Si](C)(C)C)cc6c6cc([Si](C)(C)C)ccc65)c4)n3)cc21. The molecular weight excluding hydrogens is 973 g/mol. The van der Waals surface area contributed by atoms with Crippen molar-refractivity contribution in [2.45, 2.75) is 97.8 Å². The fourth-order valence-corrected chi connectivity index (χ4v) is 16.4. The summed E-state index contributed by atoms with van der Waals surface area (Å²) >= 11 is 0. The van der Waals surface area contributed by atoms with Gasteiger partial charge >= 0.3 is 0 Å². The maximum atomic E-state index is 5.66. The third kappa shape index (κ3) is 8.36. The minimum Gasteiger partial charge on any atom is -0.309 e. The molecule has 0 bridgehead atoms. The summed E-state index contributed by atoms with van der Waals surface area (Å²) in [5.74, 6) is 0.697. The Balaban J connectivity index is 1.17. The fraction of sp³-hybridized carbons (Fsp3) is 0.224. The van der Waals surface area contributed by atoms with E-state index in [0.29, 0.717) is 5.82 Å². The highest BCUT2D eigenvalue weighted by Crippen LogP contribution is 2.50. The van der Waals surface area contributed by atoms with Crippen molar-refractivity contribution in [2.24, 2.45) is 0 Å². The third-order valence-corrected chi connectivity index (χ3v) is 24.5. The molecule has 75 heavy (non-hydrogen) atoms. The summed E-state index contributed by atoms with van der Waals surface area (Å²) in [5.41, 5.74) is 17.1. The molecule has 0 radical (unpaired) electrons. The average molecular weight is 1040 g/mol. The molecule has 4 nitrogen and oxygen atoms in total. The van der Waals surface area contributed by atoms with Crippen LogP contribution in [0.1, 0.15) is 25.0 Å². The molecule has 0 N–H and O–H groups in total. The van der Waals surface area contributed by atoms with E-state index in [1.54, 1.807) is 0 Å². The zero-order valence-corrected chi connectivity index (χ0v) is 50.5. The van der Waals surface area contributed by atoms with Crippen molar-refractivity contribution in [1.29, 1.82) is 0 Å². The van der Waals surface area contributed by atoms with E-state index in [2.05, 4.69) is 271 Å². The van der Waals surface area contributed by atoms with Crippen LogP contribution in [0.2, 0.25) is 78.6 Å². The highest BCUT2D eigenvalue weighted by molar-refractivity contribution is 6.90. The molecule has 0 unspecified atom stereocenters. The second kappa shape index (κ2) is 17.2. The molecule has 8 heteroatoms. The Morgan fingerprint density at radius 2 is 0.733 bits per heavy atom. The molecule has 0 fully saturated rings. The van der Waals surface area contributed by atoms with Crippen LogP contribution >= 0.6 is 0 Å². The Hall–Kier alpha value is -6.69. The Bertz CT molecular complexity index is 3820. The van der Waals surface area contributed by atoms with Crippen LogP contribution in [0, 0.1) is 0 Å². The van der Waals surface area contributed by atoms with Gasteiger partial charge in [-0.15, -0.1) is 0 Å². The summed E-state index contributed by atoms with van der Waals surface area (Å²) in [4.78, 5) is 11.2. The van der Waals surface area contributed by atoms with Crippen molar-refractivity contribution in [2.75, 3.05) is 0 Å². The van der Waals surface area contributed by atoms with Gasteiger partial charge in [0.25, 0.3) is 0 Å². The first kappa shape index (κ1) is 49.2. The Kier molecular flexibility index (Phi) is 11.3. The van der Waals surface area contributed by atoms with Crippen LogP contribution in [-0.2, 0) is 5.41 Å². The third-order valence-electron chi connectivity index (χ3n) is 16.3. The number of benzene rings is 8. The maximum absolute atomic E-state index is 5.66. The predicted molar refractivity (Wildman–Crippen MR) is 337 cm³/mol. The number of hydrogen-bond donors (Lipinski definition) is 0. The lowest BCUT2D eigenvalue weighted by Crippen LogP contribution is -2.37. The smallest absolute Gasteiger partial charge is 0.160 e. The van der Waals surface area contributed by atoms with Crippen LogP contribution in [0.15, 0.2) is 170 Å². The molecule has 374 valence electrons. The maximum Gasteiger partial charge on any atom is 0.160 e. The zero-order valence-electron chi connectivity index (χ0n) is 46.5. The van der Waals surface area contributed by atoms with Crippen LogP contribution in [0.4, 0.5) is 0 Å². The molecule has 0 atom stereocenters. The van der Waals surface area contributed by atoms with E-state index in [9.17, 15) is 0 Å². The van der Waals surface area contributed by atoms with Gasteiger partial charge in [0.05, 0.1) is 65.8 Å². The van der Waals surface area contributed by atoms with Gasteiger partial charge < -0.3 is 9.13 Å². The van der Waals surface area contributed by atoms with Gasteiger partial charge in [-0.3, -0.25) is 0 Å². The molecular formula is C67H70N4Si4. The minimum absolute atomic E-state index is 0.148. The van der Waals surface area contributed by atoms with Crippen LogP contribution < -0.4 is 20.7 Å². The lowest BCUT2D eigenvalue weighted by molar-refractivity contribution is 0.660. The van der Waals surface area contributed by atoms with Crippen LogP contribution in [0.3, 0.4) is 0 Å². The average Bonchev–Trinajstić information content (AvgIpc) is 3.97. The van der Waals surface area contributed by atoms with Crippen molar-refractivity contribution in [3.8, 4) is 56.4 Å². The molecule has 1 aliphatic rings. The molecule has 0 saturated carbocycles. The zero-order chi connectivity index (χ0) is 52.7. The van der Waals surface area contributed by atoms with Gasteiger partial charge in [0.15, 0.2) is 5.82 Å². The summed E-state index contributed by atoms with van der Waals surface area (Å²) in [6.07, 6.45) is 0. The first-order valence-corrected chi connectivity index (χ1v) is 41.0. The standard InChI is InChI=1S/C67H70N4Si4/c1-67(2)58-23-19-18-22-52(58)53-29-24-44(36-59(53)67)61-42-60(43-20-16-15-17-21-43)68-66(69-61)45-34-46(70-62-30-25-48(72(3,4)5)38-54(62)55-39-49(73(6,7)8)26-31-63(55)70)37-47(35-45)71-64-32-27-50(74(9,10)11)40-56(64)57-41-51(75(12,13)14)28-33-65(57)71/h15-42H,1-14H3. The summed E-state index contributed by atoms with van der Waals surface area (Å²) in [7, 11) is -6.62. The van der Waals surface area contributed by atoms with Gasteiger partial charge in [-0.1, -0.05) is 228 Å². The van der Waals surface area contributed by atoms with Gasteiger partial charge in [-0.05, 0) is 76.9 Å². The molecule has 3 heterocycles. The van der Waals surface area contributed by atoms with Crippen molar-refractivity contribution < 1.29 is 0 Å². The van der Waals surface area contributed by atoms with Gasteiger partial charge in [0.2, 0.25) is 0 Å². The topological polar surface area (TPSA) is 35.6 Å². The van der Waals surface area contributed by atoms with E-state index >= 15 is 0 Å². The van der Waals surface area contributed by atoms with E-state index in [4.69, 9.17) is 9.97 Å². The highest BCUT2D eigenvalue weighted by Gasteiger charge is 2.36. The summed E-state index contributed by atoms with van der Waals surface area (Å²) < 4.78 is 5.06. The summed E-state index contributed by atoms with van der Waals surface area (Å²) in [6.45, 7) is 34.2. The second-order valence-corrected chi connectivity index (χ2v) is 46.4. The Labute approximate surface area is 448 Å². The molecule has 0 saturated heterocycles. The van der Waals surface area contributed by atoms with E-state index in [0.717, 1.165) is 39.5 Å². The first-order chi connectivity index (χ1) is 35.4. The Morgan fingerprint density at radius 1 is 0.333 bits per heavy atom. The highest BCUT2D eigenvalue weighted by atomic mass is 28.3. The normalized spacial score (nSPS) is 13.8. The van der Waals surface area contributed by atoms with Crippen LogP contribution in [-0.4, -0.2) is 51.4 Å². The van der Waals surface area contributed by atoms with E-state index < -0.39 is 32.3 Å². The van der Waals surface area contributed by atoms with Crippen molar-refractivity contribution in [3.05, 3.63) is 181 Å². The summed E-state index contributed by atoms with van der Waals surface area (Å²) in [6, 6.07) is 65.1. The minimum atomic E-state index is -1.65. The van der Waals surface area contributed by atoms with Crippen LogP contribution in [0.25, 0.3) is 100 Å². The number of aromatic nitrogens is 4. The lowest BCUT2D eigenvalue weighted by atomic mass is 9.82.